The van der Waals surface area contributed by atoms with E-state index in [0.29, 0.717) is 5.57 Å². The molecule has 10 nitrogen and oxygen atoms in total. The fourth-order valence-corrected chi connectivity index (χ4v) is 8.04. The molecule has 2 aliphatic heterocycles. The van der Waals surface area contributed by atoms with Crippen LogP contribution in [0.5, 0.6) is 5.75 Å². The van der Waals surface area contributed by atoms with Gasteiger partial charge in [-0.15, -0.1) is 23.2 Å². The number of imide groups is 2. The molecular weight excluding hydrogens is 585 g/mol. The van der Waals surface area contributed by atoms with Crippen molar-refractivity contribution in [3.63, 3.8) is 0 Å². The number of allylic oxidation sites excluding steroid dienone is 2. The number of likely N-dealkylation sites (tertiary alicyclic amines) is 1. The predicted octanol–water partition coefficient (Wildman–Crippen LogP) is 4.15. The van der Waals surface area contributed by atoms with Crippen LogP contribution in [-0.2, 0) is 19.2 Å². The Bertz CT molecular complexity index is 1590. The lowest BCUT2D eigenvalue weighted by Crippen LogP contribution is -2.60. The Kier molecular flexibility index (Phi) is 5.86. The number of carbonyl (C=O) groups excluding carboxylic acids is 4. The summed E-state index contributed by atoms with van der Waals surface area (Å²) in [4.78, 5) is 62.9. The molecule has 2 aromatic carbocycles. The molecular formula is C27H20Cl3N3O7. The maximum Gasteiger partial charge on any atom is 0.271 e. The first-order valence-corrected chi connectivity index (χ1v) is 13.5. The molecule has 1 N–H and O–H groups in total. The zero-order chi connectivity index (χ0) is 28.9. The Morgan fingerprint density at radius 3 is 2.45 bits per heavy atom. The van der Waals surface area contributed by atoms with Crippen molar-refractivity contribution in [1.82, 2.24) is 4.90 Å². The van der Waals surface area contributed by atoms with Crippen molar-refractivity contribution >= 4 is 69.8 Å². The summed E-state index contributed by atoms with van der Waals surface area (Å²) in [6, 6.07) is 9.44. The highest BCUT2D eigenvalue weighted by Gasteiger charge is 2.76. The molecule has 13 heteroatoms. The molecule has 206 valence electrons. The maximum atomic E-state index is 13.9. The summed E-state index contributed by atoms with van der Waals surface area (Å²) >= 11 is 20.4. The Labute approximate surface area is 242 Å². The summed E-state index contributed by atoms with van der Waals surface area (Å²) in [5.41, 5.74) is 0.416. The number of hydrogen-bond acceptors (Lipinski definition) is 7. The van der Waals surface area contributed by atoms with E-state index in [2.05, 4.69) is 0 Å². The van der Waals surface area contributed by atoms with Gasteiger partial charge in [0.15, 0.2) is 9.75 Å². The van der Waals surface area contributed by atoms with Crippen LogP contribution in [0, 0.1) is 27.9 Å². The lowest BCUT2D eigenvalue weighted by atomic mass is 9.56. The van der Waals surface area contributed by atoms with Gasteiger partial charge in [0, 0.05) is 35.7 Å². The monoisotopic (exact) mass is 603 g/mol. The maximum absolute atomic E-state index is 13.9. The lowest BCUT2D eigenvalue weighted by molar-refractivity contribution is -0.384. The normalized spacial score (nSPS) is 33.0. The number of halogens is 3. The smallest absolute Gasteiger partial charge is 0.271 e. The first-order chi connectivity index (χ1) is 18.8. The molecule has 1 saturated carbocycles. The van der Waals surface area contributed by atoms with Gasteiger partial charge in [0.25, 0.3) is 17.5 Å². The Morgan fingerprint density at radius 1 is 1.02 bits per heavy atom. The molecule has 6 atom stereocenters. The van der Waals surface area contributed by atoms with E-state index in [-0.39, 0.29) is 40.6 Å². The van der Waals surface area contributed by atoms with Crippen LogP contribution < -0.4 is 4.90 Å². The number of hydrogen-bond donors (Lipinski definition) is 1. The number of aromatic hydroxyl groups is 1. The Hall–Kier alpha value is -3.47. The number of phenolic OH excluding ortho intramolecular Hbond substituents is 1. The van der Waals surface area contributed by atoms with Crippen molar-refractivity contribution in [1.29, 1.82) is 0 Å². The number of fused-ring (bicyclic) bond motifs is 4. The highest BCUT2D eigenvalue weighted by Crippen LogP contribution is 2.66. The SMILES string of the molecule is CN1C(=O)[C@]2(Cl)C[C@@H]3C(=CC[C@@H]4C(=O)N(c5cccc([N+](=O)[O-])c5)C(=O)[C@@H]43)[C@H](c3cc(Cl)ccc3O)[C@]2(Cl)C1=O. The first kappa shape index (κ1) is 26.7. The summed E-state index contributed by atoms with van der Waals surface area (Å²) in [6.07, 6.45) is 1.60. The van der Waals surface area contributed by atoms with Crippen molar-refractivity contribution in [3.8, 4) is 5.75 Å². The summed E-state index contributed by atoms with van der Waals surface area (Å²) in [5.74, 6) is -6.67. The van der Waals surface area contributed by atoms with Gasteiger partial charge in [-0.3, -0.25) is 34.2 Å². The van der Waals surface area contributed by atoms with E-state index in [4.69, 9.17) is 34.8 Å². The van der Waals surface area contributed by atoms with Crippen molar-refractivity contribution in [2.24, 2.45) is 17.8 Å². The lowest BCUT2D eigenvalue weighted by Gasteiger charge is -2.50. The molecule has 4 amide bonds. The molecule has 40 heavy (non-hydrogen) atoms. The number of rotatable bonds is 3. The molecule has 0 aromatic heterocycles. The quantitative estimate of drug-likeness (QED) is 0.183. The van der Waals surface area contributed by atoms with E-state index in [1.165, 1.54) is 43.4 Å². The van der Waals surface area contributed by atoms with E-state index in [1.54, 1.807) is 6.08 Å². The van der Waals surface area contributed by atoms with Gasteiger partial charge in [-0.25, -0.2) is 4.90 Å². The van der Waals surface area contributed by atoms with Gasteiger partial charge >= 0.3 is 0 Å². The number of nitrogens with zero attached hydrogens (tertiary/aromatic N) is 3. The number of benzene rings is 2. The highest BCUT2D eigenvalue weighted by atomic mass is 35.5. The molecule has 0 bridgehead atoms. The molecule has 2 heterocycles. The van der Waals surface area contributed by atoms with E-state index in [9.17, 15) is 34.4 Å². The van der Waals surface area contributed by atoms with Crippen molar-refractivity contribution in [2.45, 2.75) is 28.5 Å². The second-order valence-corrected chi connectivity index (χ2v) is 12.2. The predicted molar refractivity (Wildman–Crippen MR) is 144 cm³/mol. The summed E-state index contributed by atoms with van der Waals surface area (Å²) in [7, 11) is 1.27. The van der Waals surface area contributed by atoms with Crippen LogP contribution in [0.2, 0.25) is 5.02 Å². The molecule has 2 aromatic rings. The molecule has 6 rings (SSSR count). The minimum atomic E-state index is -2.05. The van der Waals surface area contributed by atoms with Crippen LogP contribution in [0.3, 0.4) is 0 Å². The van der Waals surface area contributed by atoms with Gasteiger partial charge in [0.05, 0.1) is 22.4 Å². The average molecular weight is 605 g/mol. The standard InChI is InChI=1S/C27H20Cl3N3O7/c1-31-24(37)26(29)11-18-15(21(27(26,30)25(31)38)17-9-12(28)5-8-19(17)34)6-7-16-20(18)23(36)32(22(16)35)13-3-2-4-14(10-13)33(39)40/h2-6,8-10,16,18,20-21,34H,7,11H2,1H3/t16-,18+,20-,21+,26+,27-/m0/s1. The number of non-ortho nitro benzene ring substituents is 1. The van der Waals surface area contributed by atoms with Gasteiger partial charge in [-0.05, 0) is 43.0 Å². The number of nitro benzene ring substituents is 1. The Balaban J connectivity index is 1.52. The van der Waals surface area contributed by atoms with Gasteiger partial charge < -0.3 is 5.11 Å². The number of nitro groups is 1. The summed E-state index contributed by atoms with van der Waals surface area (Å²) < 4.78 is 0. The van der Waals surface area contributed by atoms with Crippen LogP contribution in [0.25, 0.3) is 0 Å². The summed E-state index contributed by atoms with van der Waals surface area (Å²) in [6.45, 7) is 0. The minimum absolute atomic E-state index is 0.0547. The van der Waals surface area contributed by atoms with Crippen LogP contribution in [0.15, 0.2) is 54.1 Å². The van der Waals surface area contributed by atoms with Gasteiger partial charge in [-0.1, -0.05) is 29.3 Å². The Morgan fingerprint density at radius 2 is 1.75 bits per heavy atom. The number of alkyl halides is 2. The average Bonchev–Trinajstić information content (AvgIpc) is 3.25. The molecule has 0 radical (unpaired) electrons. The van der Waals surface area contributed by atoms with Crippen molar-refractivity contribution in [2.75, 3.05) is 11.9 Å². The molecule has 2 saturated heterocycles. The zero-order valence-corrected chi connectivity index (χ0v) is 23.0. The fraction of sp³-hybridized carbons (Fsp3) is 0.333. The van der Waals surface area contributed by atoms with Gasteiger partial charge in [0.1, 0.15) is 5.75 Å². The van der Waals surface area contributed by atoms with Crippen LogP contribution in [0.1, 0.15) is 24.3 Å². The zero-order valence-electron chi connectivity index (χ0n) is 20.7. The van der Waals surface area contributed by atoms with Crippen molar-refractivity contribution < 1.29 is 29.2 Å². The van der Waals surface area contributed by atoms with E-state index >= 15 is 0 Å². The third kappa shape index (κ3) is 3.30. The van der Waals surface area contributed by atoms with Crippen LogP contribution >= 0.6 is 34.8 Å². The second-order valence-electron chi connectivity index (χ2n) is 10.5. The van der Waals surface area contributed by atoms with Gasteiger partial charge in [-0.2, -0.15) is 0 Å². The third-order valence-corrected chi connectivity index (χ3v) is 10.3. The molecule has 4 aliphatic rings. The largest absolute Gasteiger partial charge is 0.508 e. The molecule has 2 aliphatic carbocycles. The molecule has 0 spiro atoms. The number of anilines is 1. The highest BCUT2D eigenvalue weighted by molar-refractivity contribution is 6.53. The van der Waals surface area contributed by atoms with Gasteiger partial charge in [0.2, 0.25) is 11.8 Å². The number of phenols is 1. The van der Waals surface area contributed by atoms with E-state index in [0.717, 1.165) is 15.9 Å². The number of carbonyl (C=O) groups is 4. The number of amides is 4. The van der Waals surface area contributed by atoms with E-state index < -0.39 is 62.0 Å². The van der Waals surface area contributed by atoms with Crippen LogP contribution in [0.4, 0.5) is 11.4 Å². The molecule has 3 fully saturated rings. The first-order valence-electron chi connectivity index (χ1n) is 12.3. The second kappa shape index (κ2) is 8.76. The van der Waals surface area contributed by atoms with E-state index in [1.807, 2.05) is 0 Å². The summed E-state index contributed by atoms with van der Waals surface area (Å²) in [5, 5.41) is 22.4. The van der Waals surface area contributed by atoms with Crippen LogP contribution in [-0.4, -0.2) is 55.4 Å². The van der Waals surface area contributed by atoms with Crippen molar-refractivity contribution in [3.05, 3.63) is 74.8 Å². The molecule has 0 unspecified atom stereocenters. The fourth-order valence-electron chi connectivity index (χ4n) is 6.85. The minimum Gasteiger partial charge on any atom is -0.508 e. The topological polar surface area (TPSA) is 138 Å². The third-order valence-electron chi connectivity index (χ3n) is 8.61.